The van der Waals surface area contributed by atoms with Crippen LogP contribution in [0.15, 0.2) is 22.8 Å². The highest BCUT2D eigenvalue weighted by Gasteiger charge is 2.22. The highest BCUT2D eigenvalue weighted by molar-refractivity contribution is 9.10. The minimum Gasteiger partial charge on any atom is -0.381 e. The normalized spacial score (nSPS) is 17.8. The molecule has 17 heavy (non-hydrogen) atoms. The van der Waals surface area contributed by atoms with Gasteiger partial charge in [-0.25, -0.2) is 4.98 Å². The zero-order chi connectivity index (χ0) is 11.8. The van der Waals surface area contributed by atoms with E-state index in [2.05, 4.69) is 45.5 Å². The van der Waals surface area contributed by atoms with Crippen molar-refractivity contribution in [1.29, 1.82) is 0 Å². The molecule has 1 aliphatic rings. The van der Waals surface area contributed by atoms with Gasteiger partial charge in [-0.15, -0.1) is 0 Å². The van der Waals surface area contributed by atoms with Gasteiger partial charge in [0.15, 0.2) is 0 Å². The molecule has 0 aliphatic carbocycles. The number of imidazole rings is 1. The molecule has 90 valence electrons. The second-order valence-electron chi connectivity index (χ2n) is 4.54. The van der Waals surface area contributed by atoms with E-state index in [0.29, 0.717) is 5.92 Å². The van der Waals surface area contributed by atoms with Gasteiger partial charge in [0.25, 0.3) is 0 Å². The maximum absolute atomic E-state index is 5.41. The van der Waals surface area contributed by atoms with Crippen molar-refractivity contribution in [3.63, 3.8) is 0 Å². The van der Waals surface area contributed by atoms with Crippen LogP contribution in [0.4, 0.5) is 0 Å². The Balaban J connectivity index is 2.10. The number of aryl methyl sites for hydroxylation is 1. The van der Waals surface area contributed by atoms with Gasteiger partial charge in [-0.1, -0.05) is 6.07 Å². The Hall–Kier alpha value is -0.870. The van der Waals surface area contributed by atoms with E-state index in [4.69, 9.17) is 9.72 Å². The van der Waals surface area contributed by atoms with Gasteiger partial charge in [0.05, 0.1) is 5.69 Å². The third-order valence-corrected chi connectivity index (χ3v) is 4.18. The first-order chi connectivity index (χ1) is 8.27. The Kier molecular flexibility index (Phi) is 2.92. The number of ether oxygens (including phenoxy) is 1. The Labute approximate surface area is 109 Å². The lowest BCUT2D eigenvalue weighted by Crippen LogP contribution is -2.14. The summed E-state index contributed by atoms with van der Waals surface area (Å²) in [5.74, 6) is 0.525. The van der Waals surface area contributed by atoms with Crippen molar-refractivity contribution >= 4 is 21.6 Å². The lowest BCUT2D eigenvalue weighted by atomic mass is 9.97. The molecule has 0 radical (unpaired) electrons. The predicted molar refractivity (Wildman–Crippen MR) is 70.4 cm³/mol. The fourth-order valence-electron chi connectivity index (χ4n) is 2.46. The summed E-state index contributed by atoms with van der Waals surface area (Å²) in [4.78, 5) is 4.76. The summed E-state index contributed by atoms with van der Waals surface area (Å²) in [6.45, 7) is 3.81. The number of hydrogen-bond donors (Lipinski definition) is 0. The first-order valence-electron chi connectivity index (χ1n) is 5.98. The predicted octanol–water partition coefficient (Wildman–Crippen LogP) is 3.30. The monoisotopic (exact) mass is 294 g/mol. The van der Waals surface area contributed by atoms with Crippen LogP contribution in [-0.4, -0.2) is 22.6 Å². The van der Waals surface area contributed by atoms with E-state index >= 15 is 0 Å². The van der Waals surface area contributed by atoms with Gasteiger partial charge in [0, 0.05) is 24.8 Å². The number of nitrogens with zero attached hydrogens (tertiary/aromatic N) is 2. The molecule has 0 atom stereocenters. The molecule has 3 rings (SSSR count). The van der Waals surface area contributed by atoms with Gasteiger partial charge in [-0.2, -0.15) is 0 Å². The third-order valence-electron chi connectivity index (χ3n) is 3.42. The molecule has 0 amide bonds. The lowest BCUT2D eigenvalue weighted by Gasteiger charge is -2.20. The van der Waals surface area contributed by atoms with Crippen LogP contribution in [0.3, 0.4) is 0 Å². The van der Waals surface area contributed by atoms with Crippen molar-refractivity contribution < 1.29 is 4.74 Å². The molecule has 3 nitrogen and oxygen atoms in total. The molecule has 1 fully saturated rings. The molecule has 0 aromatic carbocycles. The zero-order valence-electron chi connectivity index (χ0n) is 9.82. The molecular formula is C13H15BrN2O. The number of halogens is 1. The average molecular weight is 295 g/mol. The molecule has 1 aliphatic heterocycles. The van der Waals surface area contributed by atoms with Crippen molar-refractivity contribution in [2.75, 3.05) is 13.2 Å². The Morgan fingerprint density at radius 3 is 2.82 bits per heavy atom. The van der Waals surface area contributed by atoms with Crippen molar-refractivity contribution in [3.05, 3.63) is 34.2 Å². The summed E-state index contributed by atoms with van der Waals surface area (Å²) >= 11 is 3.70. The average Bonchev–Trinajstić information content (AvgIpc) is 2.69. The molecule has 0 spiro atoms. The van der Waals surface area contributed by atoms with E-state index in [1.54, 1.807) is 0 Å². The minimum atomic E-state index is 0.525. The highest BCUT2D eigenvalue weighted by atomic mass is 79.9. The third kappa shape index (κ3) is 1.89. The summed E-state index contributed by atoms with van der Waals surface area (Å²) in [5.41, 5.74) is 3.42. The second-order valence-corrected chi connectivity index (χ2v) is 5.29. The van der Waals surface area contributed by atoms with Crippen LogP contribution in [0.25, 0.3) is 5.65 Å². The fourth-order valence-corrected chi connectivity index (χ4v) is 3.33. The summed E-state index contributed by atoms with van der Waals surface area (Å²) in [5, 5.41) is 0. The number of hydrogen-bond acceptors (Lipinski definition) is 2. The fraction of sp³-hybridized carbons (Fsp3) is 0.462. The zero-order valence-corrected chi connectivity index (χ0v) is 11.4. The highest BCUT2D eigenvalue weighted by Crippen LogP contribution is 2.32. The summed E-state index contributed by atoms with van der Waals surface area (Å²) < 4.78 is 8.69. The van der Waals surface area contributed by atoms with Gasteiger partial charge in [0.1, 0.15) is 10.3 Å². The minimum absolute atomic E-state index is 0.525. The SMILES string of the molecule is Cc1cccc2nc(C3CCOCC3)c(Br)n12. The lowest BCUT2D eigenvalue weighted by molar-refractivity contribution is 0.0844. The standard InChI is InChI=1S/C13H15BrN2O/c1-9-3-2-4-11-15-12(13(14)16(9)11)10-5-7-17-8-6-10/h2-4,10H,5-8H2,1H3. The van der Waals surface area contributed by atoms with E-state index in [-0.39, 0.29) is 0 Å². The molecule has 0 saturated carbocycles. The largest absolute Gasteiger partial charge is 0.381 e. The van der Waals surface area contributed by atoms with Gasteiger partial charge in [-0.3, -0.25) is 4.40 Å². The second kappa shape index (κ2) is 4.42. The van der Waals surface area contributed by atoms with Crippen LogP contribution in [0.1, 0.15) is 30.1 Å². The maximum Gasteiger partial charge on any atom is 0.138 e. The molecule has 0 bridgehead atoms. The topological polar surface area (TPSA) is 26.5 Å². The molecule has 3 heterocycles. The quantitative estimate of drug-likeness (QED) is 0.807. The molecule has 2 aromatic rings. The van der Waals surface area contributed by atoms with E-state index in [9.17, 15) is 0 Å². The van der Waals surface area contributed by atoms with Crippen LogP contribution in [0.2, 0.25) is 0 Å². The number of rotatable bonds is 1. The van der Waals surface area contributed by atoms with E-state index in [1.807, 2.05) is 0 Å². The summed E-state index contributed by atoms with van der Waals surface area (Å²) in [6, 6.07) is 6.21. The van der Waals surface area contributed by atoms with Crippen LogP contribution >= 0.6 is 15.9 Å². The molecule has 0 unspecified atom stereocenters. The van der Waals surface area contributed by atoms with Crippen molar-refractivity contribution in [2.45, 2.75) is 25.7 Å². The van der Waals surface area contributed by atoms with Crippen molar-refractivity contribution in [1.82, 2.24) is 9.38 Å². The molecule has 2 aromatic heterocycles. The van der Waals surface area contributed by atoms with Gasteiger partial charge in [0.2, 0.25) is 0 Å². The molecule has 4 heteroatoms. The number of fused-ring (bicyclic) bond motifs is 1. The number of aromatic nitrogens is 2. The van der Waals surface area contributed by atoms with E-state index < -0.39 is 0 Å². The van der Waals surface area contributed by atoms with E-state index in [0.717, 1.165) is 36.3 Å². The van der Waals surface area contributed by atoms with Crippen molar-refractivity contribution in [2.24, 2.45) is 0 Å². The van der Waals surface area contributed by atoms with Crippen LogP contribution in [0, 0.1) is 6.92 Å². The van der Waals surface area contributed by atoms with Crippen molar-refractivity contribution in [3.8, 4) is 0 Å². The molecule has 1 saturated heterocycles. The Morgan fingerprint density at radius 2 is 2.12 bits per heavy atom. The van der Waals surface area contributed by atoms with Gasteiger partial charge < -0.3 is 4.74 Å². The van der Waals surface area contributed by atoms with Gasteiger partial charge in [-0.05, 0) is 47.8 Å². The van der Waals surface area contributed by atoms with Crippen LogP contribution < -0.4 is 0 Å². The first kappa shape index (κ1) is 11.2. The first-order valence-corrected chi connectivity index (χ1v) is 6.78. The van der Waals surface area contributed by atoms with Crippen LogP contribution in [0.5, 0.6) is 0 Å². The van der Waals surface area contributed by atoms with E-state index in [1.165, 1.54) is 11.4 Å². The Bertz CT molecular complexity index is 544. The smallest absolute Gasteiger partial charge is 0.138 e. The number of pyridine rings is 1. The Morgan fingerprint density at radius 1 is 1.35 bits per heavy atom. The van der Waals surface area contributed by atoms with Crippen LogP contribution in [-0.2, 0) is 4.74 Å². The molecular weight excluding hydrogens is 280 g/mol. The summed E-state index contributed by atoms with van der Waals surface area (Å²) in [7, 11) is 0. The molecule has 0 N–H and O–H groups in total. The van der Waals surface area contributed by atoms with Gasteiger partial charge >= 0.3 is 0 Å². The summed E-state index contributed by atoms with van der Waals surface area (Å²) in [6.07, 6.45) is 2.14. The maximum atomic E-state index is 5.41.